The summed E-state index contributed by atoms with van der Waals surface area (Å²) in [5.41, 5.74) is -0.171. The molecule has 3 rings (SSSR count). The summed E-state index contributed by atoms with van der Waals surface area (Å²) in [6.45, 7) is 11.1. The number of carbonyl (C=O) groups is 2. The minimum absolute atomic E-state index is 0.00938. The predicted octanol–water partition coefficient (Wildman–Crippen LogP) is 1.75. The summed E-state index contributed by atoms with van der Waals surface area (Å²) < 4.78 is 11.4. The van der Waals surface area contributed by atoms with E-state index in [1.807, 2.05) is 13.8 Å². The molecule has 2 saturated carbocycles. The zero-order valence-electron chi connectivity index (χ0n) is 15.8. The Labute approximate surface area is 153 Å². The molecule has 0 radical (unpaired) electrons. The van der Waals surface area contributed by atoms with Crippen LogP contribution in [-0.4, -0.2) is 46.6 Å². The van der Waals surface area contributed by atoms with Crippen LogP contribution in [-0.2, 0) is 19.1 Å². The van der Waals surface area contributed by atoms with E-state index in [9.17, 15) is 19.8 Å². The molecule has 1 heterocycles. The molecule has 0 bridgehead atoms. The Morgan fingerprint density at radius 2 is 2.04 bits per heavy atom. The van der Waals surface area contributed by atoms with Gasteiger partial charge in [0.05, 0.1) is 18.1 Å². The lowest BCUT2D eigenvalue weighted by Gasteiger charge is -2.43. The fourth-order valence-corrected chi connectivity index (χ4v) is 5.28. The Kier molecular flexibility index (Phi) is 4.78. The molecule has 8 atom stereocenters. The van der Waals surface area contributed by atoms with Gasteiger partial charge in [-0.05, 0) is 32.1 Å². The van der Waals surface area contributed by atoms with Crippen molar-refractivity contribution >= 4 is 11.9 Å². The number of carbonyl (C=O) groups excluding carboxylic acids is 2. The third-order valence-corrected chi connectivity index (χ3v) is 6.78. The van der Waals surface area contributed by atoms with Gasteiger partial charge < -0.3 is 19.7 Å². The van der Waals surface area contributed by atoms with E-state index < -0.39 is 47.7 Å². The highest BCUT2D eigenvalue weighted by Crippen LogP contribution is 2.58. The second-order valence-corrected chi connectivity index (χ2v) is 8.22. The number of esters is 2. The molecule has 0 spiro atoms. The van der Waals surface area contributed by atoms with Crippen LogP contribution in [0.3, 0.4) is 0 Å². The van der Waals surface area contributed by atoms with Crippen LogP contribution in [0.4, 0.5) is 0 Å². The molecule has 26 heavy (non-hydrogen) atoms. The lowest BCUT2D eigenvalue weighted by molar-refractivity contribution is -0.166. The Morgan fingerprint density at radius 1 is 1.38 bits per heavy atom. The summed E-state index contributed by atoms with van der Waals surface area (Å²) in [5.74, 6) is -1.77. The Bertz CT molecular complexity index is 667. The molecule has 0 unspecified atom stereocenters. The van der Waals surface area contributed by atoms with Crippen LogP contribution in [0.15, 0.2) is 23.8 Å². The highest BCUT2D eigenvalue weighted by atomic mass is 16.6. The third-order valence-electron chi connectivity index (χ3n) is 6.78. The third kappa shape index (κ3) is 2.62. The van der Waals surface area contributed by atoms with Gasteiger partial charge in [-0.1, -0.05) is 26.5 Å². The van der Waals surface area contributed by atoms with Gasteiger partial charge in [-0.3, -0.25) is 0 Å². The summed E-state index contributed by atoms with van der Waals surface area (Å²) >= 11 is 0. The molecule has 0 aromatic carbocycles. The molecule has 6 heteroatoms. The van der Waals surface area contributed by atoms with E-state index in [2.05, 4.69) is 6.58 Å². The normalized spacial score (nSPS) is 45.6. The maximum absolute atomic E-state index is 12.5. The molecular formula is C20H28O6. The Balaban J connectivity index is 2.10. The van der Waals surface area contributed by atoms with Crippen LogP contribution in [0, 0.1) is 23.2 Å². The molecule has 0 aromatic rings. The number of allylic oxidation sites excluding steroid dienone is 1. The van der Waals surface area contributed by atoms with Crippen molar-refractivity contribution in [3.8, 4) is 0 Å². The summed E-state index contributed by atoms with van der Waals surface area (Å²) in [6.07, 6.45) is -0.389. The fourth-order valence-electron chi connectivity index (χ4n) is 5.28. The van der Waals surface area contributed by atoms with E-state index in [1.165, 1.54) is 0 Å². The van der Waals surface area contributed by atoms with Crippen molar-refractivity contribution < 1.29 is 29.3 Å². The molecule has 2 N–H and O–H groups in total. The zero-order chi connectivity index (χ0) is 19.4. The van der Waals surface area contributed by atoms with E-state index in [1.54, 1.807) is 19.9 Å². The number of rotatable bonds is 2. The zero-order valence-corrected chi connectivity index (χ0v) is 15.8. The first kappa shape index (κ1) is 19.1. The van der Waals surface area contributed by atoms with Crippen molar-refractivity contribution in [1.82, 2.24) is 0 Å². The maximum Gasteiger partial charge on any atom is 0.334 e. The quantitative estimate of drug-likeness (QED) is 0.573. The van der Waals surface area contributed by atoms with E-state index in [0.29, 0.717) is 12.0 Å². The first-order valence-electron chi connectivity index (χ1n) is 9.22. The second kappa shape index (κ2) is 6.50. The average Bonchev–Trinajstić information content (AvgIpc) is 2.94. The minimum atomic E-state index is -0.890. The predicted molar refractivity (Wildman–Crippen MR) is 93.8 cm³/mol. The number of aliphatic hydroxyl groups excluding tert-OH is 2. The van der Waals surface area contributed by atoms with Crippen molar-refractivity contribution in [1.29, 1.82) is 0 Å². The summed E-state index contributed by atoms with van der Waals surface area (Å²) in [4.78, 5) is 24.7. The average molecular weight is 364 g/mol. The van der Waals surface area contributed by atoms with Gasteiger partial charge in [0, 0.05) is 23.0 Å². The topological polar surface area (TPSA) is 93.1 Å². The van der Waals surface area contributed by atoms with Crippen molar-refractivity contribution in [3.05, 3.63) is 23.8 Å². The molecule has 0 aromatic heterocycles. The van der Waals surface area contributed by atoms with Crippen LogP contribution >= 0.6 is 0 Å². The van der Waals surface area contributed by atoms with Gasteiger partial charge in [0.1, 0.15) is 12.2 Å². The number of ether oxygens (including phenoxy) is 2. The lowest BCUT2D eigenvalue weighted by Crippen LogP contribution is -2.51. The molecule has 1 aliphatic heterocycles. The van der Waals surface area contributed by atoms with Gasteiger partial charge in [0.2, 0.25) is 0 Å². The van der Waals surface area contributed by atoms with Crippen LogP contribution in [0.1, 0.15) is 40.5 Å². The highest BCUT2D eigenvalue weighted by molar-refractivity contribution is 5.91. The first-order chi connectivity index (χ1) is 12.1. The Morgan fingerprint density at radius 3 is 2.65 bits per heavy atom. The van der Waals surface area contributed by atoms with Crippen molar-refractivity contribution in [3.63, 3.8) is 0 Å². The Hall–Kier alpha value is -1.66. The minimum Gasteiger partial charge on any atom is -0.458 e. The molecule has 0 amide bonds. The smallest absolute Gasteiger partial charge is 0.334 e. The summed E-state index contributed by atoms with van der Waals surface area (Å²) in [5, 5.41) is 21.4. The standard InChI is InChI=1S/C20H28O6/c1-6-9(2)18(23)26-17-15-11(4)19(24)25-13(15)7-10(3)16-12(21)8-14(22)20(16,17)5/h6,10,12-17,21-22H,4,7-8H2,1-3,5H3/b9-6-/t10-,12+,13-,14-,15-,16-,17+,20-/m1/s1. The van der Waals surface area contributed by atoms with Crippen molar-refractivity contribution in [2.24, 2.45) is 23.2 Å². The molecule has 1 saturated heterocycles. The first-order valence-corrected chi connectivity index (χ1v) is 9.22. The van der Waals surface area contributed by atoms with Crippen LogP contribution in [0.2, 0.25) is 0 Å². The van der Waals surface area contributed by atoms with Crippen LogP contribution in [0.25, 0.3) is 0 Å². The monoisotopic (exact) mass is 364 g/mol. The van der Waals surface area contributed by atoms with Crippen LogP contribution < -0.4 is 0 Å². The number of aliphatic hydroxyl groups is 2. The number of fused-ring (bicyclic) bond motifs is 2. The fraction of sp³-hybridized carbons (Fsp3) is 0.700. The van der Waals surface area contributed by atoms with Crippen molar-refractivity contribution in [2.75, 3.05) is 0 Å². The van der Waals surface area contributed by atoms with Gasteiger partial charge in [0.15, 0.2) is 0 Å². The van der Waals surface area contributed by atoms with Gasteiger partial charge >= 0.3 is 11.9 Å². The van der Waals surface area contributed by atoms with E-state index >= 15 is 0 Å². The van der Waals surface area contributed by atoms with E-state index in [0.717, 1.165) is 0 Å². The van der Waals surface area contributed by atoms with Gasteiger partial charge in [-0.2, -0.15) is 0 Å². The maximum atomic E-state index is 12.5. The molecule has 3 fully saturated rings. The number of hydrogen-bond donors (Lipinski definition) is 2. The highest BCUT2D eigenvalue weighted by Gasteiger charge is 2.65. The van der Waals surface area contributed by atoms with E-state index in [4.69, 9.17) is 9.47 Å². The van der Waals surface area contributed by atoms with Gasteiger partial charge in [0.25, 0.3) is 0 Å². The van der Waals surface area contributed by atoms with Gasteiger partial charge in [-0.25, -0.2) is 9.59 Å². The van der Waals surface area contributed by atoms with Crippen LogP contribution in [0.5, 0.6) is 0 Å². The SMILES string of the molecule is C=C1C(=O)O[C@@H]2C[C@@H](C)[C@@H]3[C@@H](O)C[C@@H](O)[C@@]3(C)[C@@H](OC(=O)/C(C)=C\C)[C@H]12. The lowest BCUT2D eigenvalue weighted by atomic mass is 9.67. The summed E-state index contributed by atoms with van der Waals surface area (Å²) in [6, 6.07) is 0. The molecule has 144 valence electrons. The molecule has 3 aliphatic rings. The molecule has 2 aliphatic carbocycles. The van der Waals surface area contributed by atoms with Crippen molar-refractivity contribution in [2.45, 2.75) is 65.0 Å². The number of hydrogen-bond acceptors (Lipinski definition) is 6. The largest absolute Gasteiger partial charge is 0.458 e. The van der Waals surface area contributed by atoms with E-state index in [-0.39, 0.29) is 23.8 Å². The van der Waals surface area contributed by atoms with Gasteiger partial charge in [-0.15, -0.1) is 0 Å². The molecular weight excluding hydrogens is 336 g/mol. The summed E-state index contributed by atoms with van der Waals surface area (Å²) in [7, 11) is 0. The molecule has 6 nitrogen and oxygen atoms in total. The second-order valence-electron chi connectivity index (χ2n) is 8.22.